The summed E-state index contributed by atoms with van der Waals surface area (Å²) in [5, 5.41) is 0. The molecule has 0 aliphatic rings. The minimum absolute atomic E-state index is 0.464. The summed E-state index contributed by atoms with van der Waals surface area (Å²) in [5.41, 5.74) is 7.50. The zero-order valence-electron chi connectivity index (χ0n) is 7.92. The summed E-state index contributed by atoms with van der Waals surface area (Å²) in [5.74, 6) is -0.464. The highest BCUT2D eigenvalue weighted by molar-refractivity contribution is 5.91. The van der Waals surface area contributed by atoms with Gasteiger partial charge in [-0.3, -0.25) is 14.8 Å². The van der Waals surface area contributed by atoms with Crippen molar-refractivity contribution in [2.75, 3.05) is 0 Å². The van der Waals surface area contributed by atoms with Crippen molar-refractivity contribution in [2.45, 2.75) is 0 Å². The normalized spacial score (nSPS) is 10.9. The van der Waals surface area contributed by atoms with Crippen molar-refractivity contribution in [1.29, 1.82) is 0 Å². The highest BCUT2D eigenvalue weighted by Gasteiger charge is 1.95. The van der Waals surface area contributed by atoms with Crippen LogP contribution >= 0.6 is 0 Å². The molecule has 0 spiro atoms. The van der Waals surface area contributed by atoms with E-state index in [-0.39, 0.29) is 0 Å². The zero-order chi connectivity index (χ0) is 10.7. The van der Waals surface area contributed by atoms with Crippen LogP contribution in [0.4, 0.5) is 0 Å². The Balaban J connectivity index is 2.43. The number of primary amides is 1. The number of nitrogens with two attached hydrogens (primary N) is 1. The van der Waals surface area contributed by atoms with E-state index in [1.807, 2.05) is 18.2 Å². The number of carbonyl (C=O) groups is 1. The van der Waals surface area contributed by atoms with Crippen molar-refractivity contribution in [3.05, 3.63) is 42.2 Å². The molecule has 15 heavy (non-hydrogen) atoms. The maximum Gasteiger partial charge on any atom is 0.241 e. The molecule has 1 aromatic heterocycles. The van der Waals surface area contributed by atoms with E-state index in [2.05, 4.69) is 9.97 Å². The molecular weight excluding hydrogens is 190 g/mol. The average molecular weight is 199 g/mol. The third-order valence-corrected chi connectivity index (χ3v) is 1.93. The van der Waals surface area contributed by atoms with E-state index in [1.165, 1.54) is 6.08 Å². The third kappa shape index (κ3) is 2.17. The number of fused-ring (bicyclic) bond motifs is 1. The van der Waals surface area contributed by atoms with Gasteiger partial charge in [0, 0.05) is 18.5 Å². The molecule has 1 aromatic carbocycles. The van der Waals surface area contributed by atoms with Gasteiger partial charge >= 0.3 is 0 Å². The van der Waals surface area contributed by atoms with Gasteiger partial charge < -0.3 is 5.73 Å². The smallest absolute Gasteiger partial charge is 0.241 e. The van der Waals surface area contributed by atoms with Crippen LogP contribution in [-0.4, -0.2) is 15.9 Å². The standard InChI is InChI=1S/C11H9N3O/c12-11(15)4-2-8-1-3-9-10(7-8)14-6-5-13-9/h1-7H,(H2,12,15)/b4-2-. The van der Waals surface area contributed by atoms with E-state index < -0.39 is 5.91 Å². The molecule has 0 saturated carbocycles. The van der Waals surface area contributed by atoms with Crippen LogP contribution in [0, 0.1) is 0 Å². The van der Waals surface area contributed by atoms with Gasteiger partial charge in [0.2, 0.25) is 5.91 Å². The number of carbonyl (C=O) groups excluding carboxylic acids is 1. The van der Waals surface area contributed by atoms with Crippen molar-refractivity contribution in [3.63, 3.8) is 0 Å². The first-order chi connectivity index (χ1) is 7.25. The zero-order valence-corrected chi connectivity index (χ0v) is 7.92. The Hall–Kier alpha value is -2.23. The lowest BCUT2D eigenvalue weighted by Crippen LogP contribution is -2.05. The molecule has 0 aliphatic carbocycles. The van der Waals surface area contributed by atoms with Crippen LogP contribution in [0.1, 0.15) is 5.56 Å². The molecule has 0 saturated heterocycles. The lowest BCUT2D eigenvalue weighted by Gasteiger charge is -1.96. The Labute approximate surface area is 86.5 Å². The summed E-state index contributed by atoms with van der Waals surface area (Å²) >= 11 is 0. The molecule has 2 N–H and O–H groups in total. The molecule has 0 fully saturated rings. The first kappa shape index (κ1) is 9.33. The second-order valence-corrected chi connectivity index (χ2v) is 3.04. The van der Waals surface area contributed by atoms with Crippen LogP contribution in [0.2, 0.25) is 0 Å². The largest absolute Gasteiger partial charge is 0.366 e. The Bertz CT molecular complexity index is 534. The maximum atomic E-state index is 10.5. The molecular formula is C11H9N3O. The fourth-order valence-electron chi connectivity index (χ4n) is 1.26. The fourth-order valence-corrected chi connectivity index (χ4v) is 1.26. The molecule has 1 heterocycles. The number of benzene rings is 1. The Morgan fingerprint density at radius 2 is 1.93 bits per heavy atom. The second-order valence-electron chi connectivity index (χ2n) is 3.04. The van der Waals surface area contributed by atoms with Gasteiger partial charge in [-0.2, -0.15) is 0 Å². The van der Waals surface area contributed by atoms with E-state index in [1.54, 1.807) is 18.5 Å². The van der Waals surface area contributed by atoms with Crippen molar-refractivity contribution in [2.24, 2.45) is 5.73 Å². The first-order valence-electron chi connectivity index (χ1n) is 4.44. The predicted octanol–water partition coefficient (Wildman–Crippen LogP) is 1.13. The summed E-state index contributed by atoms with van der Waals surface area (Å²) in [6.45, 7) is 0. The molecule has 4 heteroatoms. The number of rotatable bonds is 2. The van der Waals surface area contributed by atoms with Crippen LogP contribution in [0.15, 0.2) is 36.7 Å². The number of hydrogen-bond acceptors (Lipinski definition) is 3. The van der Waals surface area contributed by atoms with Crippen LogP contribution < -0.4 is 5.73 Å². The molecule has 0 atom stereocenters. The molecule has 1 amide bonds. The van der Waals surface area contributed by atoms with Gasteiger partial charge in [0.25, 0.3) is 0 Å². The molecule has 0 bridgehead atoms. The van der Waals surface area contributed by atoms with E-state index in [0.29, 0.717) is 0 Å². The summed E-state index contributed by atoms with van der Waals surface area (Å²) in [6, 6.07) is 5.56. The molecule has 0 radical (unpaired) electrons. The molecule has 0 aliphatic heterocycles. The maximum absolute atomic E-state index is 10.5. The summed E-state index contributed by atoms with van der Waals surface area (Å²) in [7, 11) is 0. The Morgan fingerprint density at radius 3 is 2.67 bits per heavy atom. The summed E-state index contributed by atoms with van der Waals surface area (Å²) in [4.78, 5) is 18.8. The van der Waals surface area contributed by atoms with Gasteiger partial charge in [0.1, 0.15) is 0 Å². The van der Waals surface area contributed by atoms with Gasteiger partial charge in [-0.15, -0.1) is 0 Å². The van der Waals surface area contributed by atoms with E-state index >= 15 is 0 Å². The monoisotopic (exact) mass is 199 g/mol. The SMILES string of the molecule is NC(=O)/C=C\c1ccc2nccnc2c1. The van der Waals surface area contributed by atoms with Crippen LogP contribution in [0.3, 0.4) is 0 Å². The van der Waals surface area contributed by atoms with Crippen LogP contribution in [-0.2, 0) is 4.79 Å². The fraction of sp³-hybridized carbons (Fsp3) is 0. The minimum Gasteiger partial charge on any atom is -0.366 e. The van der Waals surface area contributed by atoms with Gasteiger partial charge in [0.05, 0.1) is 11.0 Å². The van der Waals surface area contributed by atoms with Crippen molar-refractivity contribution >= 4 is 23.0 Å². The predicted molar refractivity (Wildman–Crippen MR) is 57.8 cm³/mol. The van der Waals surface area contributed by atoms with Gasteiger partial charge in [0.15, 0.2) is 0 Å². The highest BCUT2D eigenvalue weighted by atomic mass is 16.1. The summed E-state index contributed by atoms with van der Waals surface area (Å²) < 4.78 is 0. The lowest BCUT2D eigenvalue weighted by atomic mass is 10.2. The molecule has 4 nitrogen and oxygen atoms in total. The molecule has 0 unspecified atom stereocenters. The number of amides is 1. The van der Waals surface area contributed by atoms with Gasteiger partial charge in [-0.05, 0) is 23.8 Å². The first-order valence-corrected chi connectivity index (χ1v) is 4.44. The molecule has 74 valence electrons. The van der Waals surface area contributed by atoms with Crippen LogP contribution in [0.5, 0.6) is 0 Å². The topological polar surface area (TPSA) is 68.9 Å². The minimum atomic E-state index is -0.464. The lowest BCUT2D eigenvalue weighted by molar-refractivity contribution is -0.113. The van der Waals surface area contributed by atoms with Gasteiger partial charge in [-0.1, -0.05) is 6.07 Å². The Morgan fingerprint density at radius 1 is 1.20 bits per heavy atom. The van der Waals surface area contributed by atoms with Crippen LogP contribution in [0.25, 0.3) is 17.1 Å². The Kier molecular flexibility index (Phi) is 2.41. The summed E-state index contributed by atoms with van der Waals surface area (Å²) in [6.07, 6.45) is 6.24. The molecule has 2 rings (SSSR count). The number of nitrogens with zero attached hydrogens (tertiary/aromatic N) is 2. The third-order valence-electron chi connectivity index (χ3n) is 1.93. The van der Waals surface area contributed by atoms with Gasteiger partial charge in [-0.25, -0.2) is 0 Å². The second kappa shape index (κ2) is 3.88. The van der Waals surface area contributed by atoms with E-state index in [9.17, 15) is 4.79 Å². The quantitative estimate of drug-likeness (QED) is 0.737. The number of hydrogen-bond donors (Lipinski definition) is 1. The van der Waals surface area contributed by atoms with Crippen molar-refractivity contribution in [3.8, 4) is 0 Å². The van der Waals surface area contributed by atoms with E-state index in [0.717, 1.165) is 16.6 Å². The number of aromatic nitrogens is 2. The van der Waals surface area contributed by atoms with Crippen molar-refractivity contribution < 1.29 is 4.79 Å². The highest BCUT2D eigenvalue weighted by Crippen LogP contribution is 2.11. The van der Waals surface area contributed by atoms with Crippen molar-refractivity contribution in [1.82, 2.24) is 9.97 Å². The van der Waals surface area contributed by atoms with E-state index in [4.69, 9.17) is 5.73 Å². The average Bonchev–Trinajstić information content (AvgIpc) is 2.26. The molecule has 2 aromatic rings.